The molecule has 0 saturated carbocycles. The number of hydrogen-bond acceptors (Lipinski definition) is 3. The highest BCUT2D eigenvalue weighted by atomic mass is 35.5. The molecule has 0 saturated heterocycles. The zero-order valence-electron chi connectivity index (χ0n) is 12.3. The Hall–Kier alpha value is -0.320. The van der Waals surface area contributed by atoms with Crippen molar-refractivity contribution in [3.8, 4) is 0 Å². The van der Waals surface area contributed by atoms with Crippen LogP contribution < -0.4 is 11.1 Å². The molecular weight excluding hydrogens is 252 g/mol. The Kier molecular flexibility index (Phi) is 10.7. The molecule has 0 aliphatic heterocycles. The molecule has 1 atom stereocenters. The Morgan fingerprint density at radius 2 is 1.89 bits per heavy atom. The molecule has 0 aromatic rings. The summed E-state index contributed by atoms with van der Waals surface area (Å²) in [5, 5.41) is 2.79. The first kappa shape index (κ1) is 20.0. The van der Waals surface area contributed by atoms with Gasteiger partial charge >= 0.3 is 0 Å². The van der Waals surface area contributed by atoms with E-state index in [1.165, 1.54) is 0 Å². The summed E-state index contributed by atoms with van der Waals surface area (Å²) >= 11 is 0. The molecule has 0 fully saturated rings. The van der Waals surface area contributed by atoms with Crippen molar-refractivity contribution >= 4 is 18.3 Å². The van der Waals surface area contributed by atoms with Crippen LogP contribution in [0.4, 0.5) is 0 Å². The summed E-state index contributed by atoms with van der Waals surface area (Å²) in [6.45, 7) is 11.1. The number of carbonyl (C=O) groups is 1. The molecule has 0 spiro atoms. The number of halogens is 1. The minimum atomic E-state index is -0.360. The molecule has 1 amide bonds. The number of rotatable bonds is 8. The van der Waals surface area contributed by atoms with Gasteiger partial charge in [0.05, 0.1) is 12.7 Å². The third-order valence-electron chi connectivity index (χ3n) is 2.28. The van der Waals surface area contributed by atoms with Crippen LogP contribution in [0.3, 0.4) is 0 Å². The lowest BCUT2D eigenvalue weighted by molar-refractivity contribution is -0.122. The third kappa shape index (κ3) is 13.7. The van der Waals surface area contributed by atoms with E-state index in [9.17, 15) is 4.79 Å². The van der Waals surface area contributed by atoms with Gasteiger partial charge in [-0.15, -0.1) is 12.4 Å². The average Bonchev–Trinajstić information content (AvgIpc) is 2.12. The maximum Gasteiger partial charge on any atom is 0.222 e. The van der Waals surface area contributed by atoms with Crippen molar-refractivity contribution in [3.05, 3.63) is 0 Å². The Morgan fingerprint density at radius 3 is 2.33 bits per heavy atom. The maximum absolute atomic E-state index is 11.4. The highest BCUT2D eigenvalue weighted by Gasteiger charge is 2.12. The van der Waals surface area contributed by atoms with E-state index in [2.05, 4.69) is 19.2 Å². The van der Waals surface area contributed by atoms with E-state index in [1.807, 2.05) is 20.8 Å². The van der Waals surface area contributed by atoms with Gasteiger partial charge in [-0.2, -0.15) is 0 Å². The first-order chi connectivity index (χ1) is 7.70. The number of ether oxygens (including phenoxy) is 1. The lowest BCUT2D eigenvalue weighted by Gasteiger charge is -2.19. The Morgan fingerprint density at radius 1 is 1.33 bits per heavy atom. The minimum absolute atomic E-state index is 0. The van der Waals surface area contributed by atoms with Crippen molar-refractivity contribution in [2.75, 3.05) is 13.2 Å². The Bertz CT molecular complexity index is 228. The van der Waals surface area contributed by atoms with Crippen LogP contribution in [0, 0.1) is 5.92 Å². The van der Waals surface area contributed by atoms with Crippen molar-refractivity contribution in [3.63, 3.8) is 0 Å². The van der Waals surface area contributed by atoms with Gasteiger partial charge in [0, 0.05) is 18.5 Å². The third-order valence-corrected chi connectivity index (χ3v) is 2.28. The van der Waals surface area contributed by atoms with E-state index in [0.29, 0.717) is 25.5 Å². The Labute approximate surface area is 117 Å². The van der Waals surface area contributed by atoms with Crippen molar-refractivity contribution in [2.24, 2.45) is 11.7 Å². The minimum Gasteiger partial charge on any atom is -0.378 e. The fourth-order valence-electron chi connectivity index (χ4n) is 1.50. The second kappa shape index (κ2) is 9.59. The van der Waals surface area contributed by atoms with Gasteiger partial charge in [-0.25, -0.2) is 0 Å². The lowest BCUT2D eigenvalue weighted by atomic mass is 10.1. The van der Waals surface area contributed by atoms with Gasteiger partial charge < -0.3 is 15.8 Å². The van der Waals surface area contributed by atoms with Crippen LogP contribution in [0.15, 0.2) is 0 Å². The molecule has 0 aliphatic carbocycles. The smallest absolute Gasteiger partial charge is 0.222 e. The molecule has 110 valence electrons. The van der Waals surface area contributed by atoms with Crippen LogP contribution in [-0.2, 0) is 9.53 Å². The van der Waals surface area contributed by atoms with Crippen LogP contribution in [0.5, 0.6) is 0 Å². The average molecular weight is 281 g/mol. The predicted octanol–water partition coefficient (Wildman–Crippen LogP) is 2.10. The van der Waals surface area contributed by atoms with Crippen LogP contribution in [-0.4, -0.2) is 30.7 Å². The van der Waals surface area contributed by atoms with E-state index < -0.39 is 0 Å². The van der Waals surface area contributed by atoms with Crippen molar-refractivity contribution < 1.29 is 9.53 Å². The summed E-state index contributed by atoms with van der Waals surface area (Å²) in [6.07, 6.45) is 1.64. The zero-order valence-corrected chi connectivity index (χ0v) is 13.1. The van der Waals surface area contributed by atoms with Gasteiger partial charge in [-0.05, 0) is 33.1 Å². The van der Waals surface area contributed by atoms with Crippen molar-refractivity contribution in [1.29, 1.82) is 0 Å². The highest BCUT2D eigenvalue weighted by Crippen LogP contribution is 2.07. The molecule has 0 bridgehead atoms. The molecule has 3 N–H and O–H groups in total. The second-order valence-electron chi connectivity index (χ2n) is 5.83. The maximum atomic E-state index is 11.4. The van der Waals surface area contributed by atoms with E-state index in [4.69, 9.17) is 10.5 Å². The topological polar surface area (TPSA) is 64.3 Å². The molecular formula is C13H29ClN2O2. The van der Waals surface area contributed by atoms with Gasteiger partial charge in [0.25, 0.3) is 0 Å². The highest BCUT2D eigenvalue weighted by molar-refractivity contribution is 5.85. The van der Waals surface area contributed by atoms with Gasteiger partial charge in [0.15, 0.2) is 0 Å². The van der Waals surface area contributed by atoms with Crippen molar-refractivity contribution in [2.45, 2.75) is 59.1 Å². The molecule has 1 unspecified atom stereocenters. The van der Waals surface area contributed by atoms with Gasteiger partial charge in [-0.1, -0.05) is 13.8 Å². The second-order valence-corrected chi connectivity index (χ2v) is 5.83. The van der Waals surface area contributed by atoms with Gasteiger partial charge in [-0.3, -0.25) is 4.79 Å². The van der Waals surface area contributed by atoms with E-state index in [-0.39, 0.29) is 30.0 Å². The van der Waals surface area contributed by atoms with Gasteiger partial charge in [0.1, 0.15) is 0 Å². The lowest BCUT2D eigenvalue weighted by Crippen LogP contribution is -2.45. The first-order valence-electron chi connectivity index (χ1n) is 6.38. The van der Waals surface area contributed by atoms with Crippen LogP contribution in [0.25, 0.3) is 0 Å². The molecule has 4 nitrogen and oxygen atoms in total. The van der Waals surface area contributed by atoms with Crippen LogP contribution >= 0.6 is 12.4 Å². The monoisotopic (exact) mass is 280 g/mol. The van der Waals surface area contributed by atoms with Crippen molar-refractivity contribution in [1.82, 2.24) is 5.32 Å². The van der Waals surface area contributed by atoms with E-state index in [0.717, 1.165) is 6.42 Å². The van der Waals surface area contributed by atoms with Crippen LogP contribution in [0.2, 0.25) is 0 Å². The first-order valence-corrected chi connectivity index (χ1v) is 6.38. The molecule has 0 aromatic carbocycles. The number of amides is 1. The van der Waals surface area contributed by atoms with Crippen LogP contribution in [0.1, 0.15) is 47.5 Å². The fraction of sp³-hybridized carbons (Fsp3) is 0.923. The molecule has 18 heavy (non-hydrogen) atoms. The molecule has 0 rings (SSSR count). The summed E-state index contributed by atoms with van der Waals surface area (Å²) < 4.78 is 5.56. The zero-order chi connectivity index (χ0) is 13.5. The molecule has 0 radical (unpaired) electrons. The number of hydrogen-bond donors (Lipinski definition) is 2. The van der Waals surface area contributed by atoms with Gasteiger partial charge in [0.2, 0.25) is 5.91 Å². The molecule has 0 aliphatic rings. The number of carbonyl (C=O) groups excluding carboxylic acids is 1. The summed E-state index contributed by atoms with van der Waals surface area (Å²) in [5.41, 5.74) is 5.41. The summed E-state index contributed by atoms with van der Waals surface area (Å²) in [4.78, 5) is 11.4. The molecule has 0 heterocycles. The standard InChI is InChI=1S/C13H28N2O2.ClH/c1-10(2)8-11(3)17-7-6-12(16)15-9-13(4,5)14;/h10-11H,6-9,14H2,1-5H3,(H,15,16);1H. The molecule has 0 aromatic heterocycles. The normalized spacial score (nSPS) is 13.1. The summed E-state index contributed by atoms with van der Waals surface area (Å²) in [5.74, 6) is 0.622. The largest absolute Gasteiger partial charge is 0.378 e. The summed E-state index contributed by atoms with van der Waals surface area (Å²) in [7, 11) is 0. The quantitative estimate of drug-likeness (QED) is 0.716. The number of nitrogens with two attached hydrogens (primary N) is 1. The Balaban J connectivity index is 0. The predicted molar refractivity (Wildman–Crippen MR) is 78.0 cm³/mol. The number of nitrogens with one attached hydrogen (secondary N) is 1. The van der Waals surface area contributed by atoms with E-state index >= 15 is 0 Å². The SMILES string of the molecule is CC(C)CC(C)OCCC(=O)NCC(C)(C)N.Cl. The summed E-state index contributed by atoms with van der Waals surface area (Å²) in [6, 6.07) is 0. The fourth-order valence-corrected chi connectivity index (χ4v) is 1.50. The molecule has 5 heteroatoms. The van der Waals surface area contributed by atoms with E-state index in [1.54, 1.807) is 0 Å².